The molecule has 2 saturated heterocycles. The van der Waals surface area contributed by atoms with E-state index in [0.29, 0.717) is 62.2 Å². The van der Waals surface area contributed by atoms with Crippen molar-refractivity contribution in [2.75, 3.05) is 33.4 Å². The second-order valence-electron chi connectivity index (χ2n) is 7.69. The van der Waals surface area contributed by atoms with Gasteiger partial charge >= 0.3 is 0 Å². The molecule has 10 nitrogen and oxygen atoms in total. The van der Waals surface area contributed by atoms with Crippen LogP contribution in [0.4, 0.5) is 0 Å². The van der Waals surface area contributed by atoms with Crippen LogP contribution in [0.5, 0.6) is 5.88 Å². The van der Waals surface area contributed by atoms with E-state index in [9.17, 15) is 9.59 Å². The number of hydrogen-bond donors (Lipinski definition) is 2. The molecule has 0 aliphatic carbocycles. The number of amides is 2. The van der Waals surface area contributed by atoms with Gasteiger partial charge in [-0.05, 0) is 25.8 Å². The molecule has 4 heterocycles. The third-order valence-electron chi connectivity index (χ3n) is 5.67. The summed E-state index contributed by atoms with van der Waals surface area (Å²) in [5.74, 6) is 1.35. The van der Waals surface area contributed by atoms with Crippen LogP contribution in [0.3, 0.4) is 0 Å². The van der Waals surface area contributed by atoms with Crippen LogP contribution in [0, 0.1) is 12.8 Å². The summed E-state index contributed by atoms with van der Waals surface area (Å²) in [6, 6.07) is 3.09. The minimum atomic E-state index is -0.259. The standard InChI is InChI=1S/C20H26N6O4/c1-12-22-18(25-24-12)15-10-26(20(28)14-3-4-17(29-2)21-9-14)11-16(15)23-19(27)13-5-7-30-8-6-13/h3-4,9,13,15-16H,5-8,10-11H2,1-2H3,(H,23,27)(H,22,24,25)/t15-,16-/m1/s1. The third kappa shape index (κ3) is 4.28. The Labute approximate surface area is 174 Å². The van der Waals surface area contributed by atoms with Crippen molar-refractivity contribution in [3.05, 3.63) is 35.5 Å². The van der Waals surface area contributed by atoms with Crippen molar-refractivity contribution in [2.45, 2.75) is 31.7 Å². The number of nitrogens with one attached hydrogen (secondary N) is 2. The molecule has 2 fully saturated rings. The van der Waals surface area contributed by atoms with Crippen LogP contribution >= 0.6 is 0 Å². The number of rotatable bonds is 5. The number of hydrogen-bond acceptors (Lipinski definition) is 7. The highest BCUT2D eigenvalue weighted by atomic mass is 16.5. The maximum absolute atomic E-state index is 13.0. The van der Waals surface area contributed by atoms with Crippen molar-refractivity contribution in [3.8, 4) is 5.88 Å². The maximum Gasteiger partial charge on any atom is 0.255 e. The summed E-state index contributed by atoms with van der Waals surface area (Å²) in [7, 11) is 1.53. The van der Waals surface area contributed by atoms with Crippen molar-refractivity contribution < 1.29 is 19.1 Å². The second-order valence-corrected chi connectivity index (χ2v) is 7.69. The van der Waals surface area contributed by atoms with E-state index < -0.39 is 0 Å². The number of pyridine rings is 1. The first-order valence-corrected chi connectivity index (χ1v) is 10.1. The van der Waals surface area contributed by atoms with Crippen molar-refractivity contribution >= 4 is 11.8 Å². The maximum atomic E-state index is 13.0. The highest BCUT2D eigenvalue weighted by Crippen LogP contribution is 2.28. The van der Waals surface area contributed by atoms with E-state index in [2.05, 4.69) is 25.5 Å². The number of aromatic nitrogens is 4. The lowest BCUT2D eigenvalue weighted by molar-refractivity contribution is -0.128. The number of aromatic amines is 1. The first kappa shape index (κ1) is 20.3. The molecule has 0 radical (unpaired) electrons. The SMILES string of the molecule is COc1ccc(C(=O)N2C[C@@H](NC(=O)C3CCOCC3)[C@H](c3n[nH]c(C)n3)C2)cn1. The third-order valence-corrected chi connectivity index (χ3v) is 5.67. The molecule has 2 aromatic rings. The summed E-state index contributed by atoms with van der Waals surface area (Å²) in [5.41, 5.74) is 0.470. The van der Waals surface area contributed by atoms with E-state index in [0.717, 1.165) is 0 Å². The van der Waals surface area contributed by atoms with Gasteiger partial charge in [0.15, 0.2) is 5.82 Å². The van der Waals surface area contributed by atoms with E-state index in [1.807, 2.05) is 6.92 Å². The summed E-state index contributed by atoms with van der Waals surface area (Å²) < 4.78 is 10.4. The Kier molecular flexibility index (Phi) is 5.93. The molecule has 2 aromatic heterocycles. The summed E-state index contributed by atoms with van der Waals surface area (Å²) in [4.78, 5) is 36.1. The Balaban J connectivity index is 1.51. The normalized spacial score (nSPS) is 22.1. The van der Waals surface area contributed by atoms with Gasteiger partial charge in [0.25, 0.3) is 5.91 Å². The second kappa shape index (κ2) is 8.78. The molecule has 2 N–H and O–H groups in total. The van der Waals surface area contributed by atoms with Crippen molar-refractivity contribution in [1.29, 1.82) is 0 Å². The highest BCUT2D eigenvalue weighted by Gasteiger charge is 2.40. The molecule has 0 bridgehead atoms. The van der Waals surface area contributed by atoms with Gasteiger partial charge in [-0.3, -0.25) is 14.7 Å². The molecule has 0 aromatic carbocycles. The van der Waals surface area contributed by atoms with Gasteiger partial charge in [-0.15, -0.1) is 0 Å². The number of ether oxygens (including phenoxy) is 2. The van der Waals surface area contributed by atoms with Crippen LogP contribution < -0.4 is 10.1 Å². The van der Waals surface area contributed by atoms with E-state index in [1.165, 1.54) is 13.3 Å². The lowest BCUT2D eigenvalue weighted by atomic mass is 9.97. The number of carbonyl (C=O) groups is 2. The van der Waals surface area contributed by atoms with Crippen LogP contribution in [0.1, 0.15) is 40.8 Å². The summed E-state index contributed by atoms with van der Waals surface area (Å²) >= 11 is 0. The van der Waals surface area contributed by atoms with Gasteiger partial charge in [0.1, 0.15) is 5.82 Å². The van der Waals surface area contributed by atoms with Gasteiger partial charge in [-0.1, -0.05) is 0 Å². The van der Waals surface area contributed by atoms with E-state index in [1.54, 1.807) is 17.0 Å². The summed E-state index contributed by atoms with van der Waals surface area (Å²) in [6.07, 6.45) is 2.92. The zero-order chi connectivity index (χ0) is 21.1. The molecule has 160 valence electrons. The van der Waals surface area contributed by atoms with Gasteiger partial charge in [0, 0.05) is 44.5 Å². The molecule has 0 spiro atoms. The lowest BCUT2D eigenvalue weighted by Crippen LogP contribution is -2.44. The number of nitrogens with zero attached hydrogens (tertiary/aromatic N) is 4. The molecule has 30 heavy (non-hydrogen) atoms. The monoisotopic (exact) mass is 414 g/mol. The van der Waals surface area contributed by atoms with Crippen LogP contribution in [-0.2, 0) is 9.53 Å². The summed E-state index contributed by atoms with van der Waals surface area (Å²) in [5, 5.41) is 10.3. The fraction of sp³-hybridized carbons (Fsp3) is 0.550. The predicted molar refractivity (Wildman–Crippen MR) is 106 cm³/mol. The fourth-order valence-electron chi connectivity index (χ4n) is 3.97. The Morgan fingerprint density at radius 1 is 1.27 bits per heavy atom. The largest absolute Gasteiger partial charge is 0.481 e. The predicted octanol–water partition coefficient (Wildman–Crippen LogP) is 0.668. The van der Waals surface area contributed by atoms with Crippen LogP contribution in [-0.4, -0.2) is 76.3 Å². The van der Waals surface area contributed by atoms with E-state index in [4.69, 9.17) is 9.47 Å². The van der Waals surface area contributed by atoms with Crippen molar-refractivity contribution in [2.24, 2.45) is 5.92 Å². The molecule has 2 amide bonds. The Morgan fingerprint density at radius 2 is 2.07 bits per heavy atom. The van der Waals surface area contributed by atoms with E-state index >= 15 is 0 Å². The minimum Gasteiger partial charge on any atom is -0.481 e. The molecule has 0 unspecified atom stereocenters. The van der Waals surface area contributed by atoms with Crippen molar-refractivity contribution in [3.63, 3.8) is 0 Å². The first-order valence-electron chi connectivity index (χ1n) is 10.1. The molecule has 2 aliphatic rings. The van der Waals surface area contributed by atoms with E-state index in [-0.39, 0.29) is 29.7 Å². The topological polar surface area (TPSA) is 122 Å². The smallest absolute Gasteiger partial charge is 0.255 e. The molecule has 2 aliphatic heterocycles. The number of H-pyrrole nitrogens is 1. The van der Waals surface area contributed by atoms with Gasteiger partial charge in [-0.2, -0.15) is 5.10 Å². The zero-order valence-corrected chi connectivity index (χ0v) is 17.1. The first-order chi connectivity index (χ1) is 14.5. The zero-order valence-electron chi connectivity index (χ0n) is 17.1. The van der Waals surface area contributed by atoms with Crippen LogP contribution in [0.2, 0.25) is 0 Å². The summed E-state index contributed by atoms with van der Waals surface area (Å²) in [6.45, 7) is 3.83. The molecule has 4 rings (SSSR count). The molecular formula is C20H26N6O4. The van der Waals surface area contributed by atoms with Gasteiger partial charge in [0.05, 0.1) is 24.6 Å². The molecule has 0 saturated carbocycles. The Bertz CT molecular complexity index is 893. The van der Waals surface area contributed by atoms with Gasteiger partial charge < -0.3 is 19.7 Å². The Morgan fingerprint density at radius 3 is 2.70 bits per heavy atom. The quantitative estimate of drug-likeness (QED) is 0.737. The highest BCUT2D eigenvalue weighted by molar-refractivity contribution is 5.94. The number of carbonyl (C=O) groups excluding carboxylic acids is 2. The molecule has 10 heteroatoms. The number of methoxy groups -OCH3 is 1. The lowest BCUT2D eigenvalue weighted by Gasteiger charge is -2.24. The Hall–Kier alpha value is -3.01. The molecular weight excluding hydrogens is 388 g/mol. The average Bonchev–Trinajstić information content (AvgIpc) is 3.40. The molecule has 2 atom stereocenters. The van der Waals surface area contributed by atoms with Crippen LogP contribution in [0.25, 0.3) is 0 Å². The minimum absolute atomic E-state index is 0.000899. The fourth-order valence-corrected chi connectivity index (χ4v) is 3.97. The number of aryl methyl sites for hydroxylation is 1. The average molecular weight is 414 g/mol. The van der Waals surface area contributed by atoms with Gasteiger partial charge in [0.2, 0.25) is 11.8 Å². The van der Waals surface area contributed by atoms with Crippen LogP contribution in [0.15, 0.2) is 18.3 Å². The van der Waals surface area contributed by atoms with Gasteiger partial charge in [-0.25, -0.2) is 9.97 Å². The van der Waals surface area contributed by atoms with Crippen molar-refractivity contribution in [1.82, 2.24) is 30.4 Å². The number of likely N-dealkylation sites (tertiary alicyclic amines) is 1.